The third-order valence-electron chi connectivity index (χ3n) is 2.78. The summed E-state index contributed by atoms with van der Waals surface area (Å²) in [5.74, 6) is 0. The summed E-state index contributed by atoms with van der Waals surface area (Å²) in [5.41, 5.74) is 1.19. The average Bonchev–Trinajstić information content (AvgIpc) is 2.26. The van der Waals surface area contributed by atoms with E-state index in [1.165, 1.54) is 21.5 Å². The maximum absolute atomic E-state index is 6.40. The Labute approximate surface area is 99.4 Å². The Kier molecular flexibility index (Phi) is 2.13. The molecule has 74 valence electrons. The molecule has 0 spiro atoms. The van der Waals surface area contributed by atoms with Crippen LogP contribution in [0, 0.1) is 0 Å². The monoisotopic (exact) mass is 250 g/mol. The molecule has 0 nitrogen and oxygen atoms in total. The summed E-state index contributed by atoms with van der Waals surface area (Å²) in [7, 11) is -1.61. The molecule has 0 saturated carbocycles. The second kappa shape index (κ2) is 3.37. The van der Waals surface area contributed by atoms with Crippen molar-refractivity contribution in [3.63, 3.8) is 0 Å². The van der Waals surface area contributed by atoms with Gasteiger partial charge in [-0.2, -0.15) is 11.1 Å². The van der Waals surface area contributed by atoms with Crippen molar-refractivity contribution in [2.75, 3.05) is 0 Å². The van der Waals surface area contributed by atoms with Crippen molar-refractivity contribution in [1.82, 2.24) is 0 Å². The van der Waals surface area contributed by atoms with Gasteiger partial charge in [-0.05, 0) is 27.6 Å². The maximum atomic E-state index is 6.40. The molecule has 0 aromatic heterocycles. The SMILES string of the molecule is ClC1=Cc2cccc3cccc(c23)[SiH]1Cl. The first-order valence-electron chi connectivity index (χ1n) is 4.80. The van der Waals surface area contributed by atoms with Gasteiger partial charge in [-0.25, -0.2) is 0 Å². The molecule has 0 saturated heterocycles. The first-order valence-corrected chi connectivity index (χ1v) is 8.08. The van der Waals surface area contributed by atoms with E-state index in [1.54, 1.807) is 0 Å². The van der Waals surface area contributed by atoms with Crippen LogP contribution in [0.15, 0.2) is 41.1 Å². The van der Waals surface area contributed by atoms with Crippen molar-refractivity contribution >= 4 is 52.8 Å². The van der Waals surface area contributed by atoms with E-state index >= 15 is 0 Å². The lowest BCUT2D eigenvalue weighted by Gasteiger charge is -2.17. The summed E-state index contributed by atoms with van der Waals surface area (Å²) >= 11 is 12.6. The van der Waals surface area contributed by atoms with Crippen LogP contribution in [-0.4, -0.2) is 8.11 Å². The van der Waals surface area contributed by atoms with Crippen LogP contribution in [0.3, 0.4) is 0 Å². The van der Waals surface area contributed by atoms with Crippen LogP contribution in [0.2, 0.25) is 0 Å². The minimum absolute atomic E-state index is 0.836. The van der Waals surface area contributed by atoms with E-state index in [-0.39, 0.29) is 0 Å². The fourth-order valence-electron chi connectivity index (χ4n) is 2.10. The third kappa shape index (κ3) is 1.35. The summed E-state index contributed by atoms with van der Waals surface area (Å²) in [6.45, 7) is 0. The van der Waals surface area contributed by atoms with Crippen LogP contribution in [0.5, 0.6) is 0 Å². The van der Waals surface area contributed by atoms with Crippen LogP contribution >= 0.6 is 22.7 Å². The van der Waals surface area contributed by atoms with Gasteiger partial charge in [0.1, 0.15) is 0 Å². The predicted molar refractivity (Wildman–Crippen MR) is 70.4 cm³/mol. The lowest BCUT2D eigenvalue weighted by Crippen LogP contribution is -2.28. The Balaban J connectivity index is 2.49. The molecular formula is C12H8Cl2Si. The average molecular weight is 251 g/mol. The van der Waals surface area contributed by atoms with Gasteiger partial charge in [0.2, 0.25) is 8.11 Å². The van der Waals surface area contributed by atoms with E-state index in [1.807, 2.05) is 6.08 Å². The zero-order valence-corrected chi connectivity index (χ0v) is 10.5. The first-order chi connectivity index (χ1) is 7.27. The van der Waals surface area contributed by atoms with Gasteiger partial charge in [0.25, 0.3) is 0 Å². The molecule has 1 heterocycles. The molecule has 0 bridgehead atoms. The smallest absolute Gasteiger partial charge is 0.158 e. The van der Waals surface area contributed by atoms with Crippen molar-refractivity contribution in [1.29, 1.82) is 0 Å². The van der Waals surface area contributed by atoms with E-state index in [4.69, 9.17) is 22.7 Å². The van der Waals surface area contributed by atoms with Gasteiger partial charge in [0.05, 0.1) is 0 Å². The molecule has 0 amide bonds. The molecule has 1 aliphatic heterocycles. The van der Waals surface area contributed by atoms with Gasteiger partial charge in [-0.15, -0.1) is 0 Å². The molecule has 1 atom stereocenters. The van der Waals surface area contributed by atoms with Gasteiger partial charge < -0.3 is 0 Å². The lowest BCUT2D eigenvalue weighted by molar-refractivity contribution is 1.72. The number of hydrogen-bond acceptors (Lipinski definition) is 0. The molecule has 1 aliphatic rings. The summed E-state index contributed by atoms with van der Waals surface area (Å²) in [5, 5.41) is 3.79. The Morgan fingerprint density at radius 3 is 2.53 bits per heavy atom. The minimum Gasteiger partial charge on any atom is -0.158 e. The maximum Gasteiger partial charge on any atom is 0.214 e. The van der Waals surface area contributed by atoms with Gasteiger partial charge in [-0.3, -0.25) is 0 Å². The van der Waals surface area contributed by atoms with Crippen LogP contribution < -0.4 is 5.19 Å². The molecule has 2 aromatic carbocycles. The largest absolute Gasteiger partial charge is 0.214 e. The summed E-state index contributed by atoms with van der Waals surface area (Å²) in [4.78, 5) is 0. The van der Waals surface area contributed by atoms with E-state index < -0.39 is 8.11 Å². The highest BCUT2D eigenvalue weighted by molar-refractivity contribution is 7.22. The molecule has 0 N–H and O–H groups in total. The number of hydrogen-bond donors (Lipinski definition) is 0. The molecule has 0 aliphatic carbocycles. The molecule has 0 radical (unpaired) electrons. The topological polar surface area (TPSA) is 0 Å². The van der Waals surface area contributed by atoms with Crippen molar-refractivity contribution in [3.8, 4) is 0 Å². The molecule has 2 aromatic rings. The lowest BCUT2D eigenvalue weighted by atomic mass is 10.0. The molecule has 3 heteroatoms. The van der Waals surface area contributed by atoms with Crippen molar-refractivity contribution in [3.05, 3.63) is 46.6 Å². The van der Waals surface area contributed by atoms with Gasteiger partial charge in [-0.1, -0.05) is 48.0 Å². The van der Waals surface area contributed by atoms with E-state index in [2.05, 4.69) is 36.4 Å². The summed E-state index contributed by atoms with van der Waals surface area (Å²) in [6.07, 6.45) is 2.01. The van der Waals surface area contributed by atoms with Crippen LogP contribution in [0.25, 0.3) is 16.8 Å². The highest BCUT2D eigenvalue weighted by Crippen LogP contribution is 2.28. The fourth-order valence-corrected chi connectivity index (χ4v) is 4.80. The van der Waals surface area contributed by atoms with Crippen LogP contribution in [0.4, 0.5) is 0 Å². The number of halogens is 2. The number of rotatable bonds is 0. The molecule has 15 heavy (non-hydrogen) atoms. The highest BCUT2D eigenvalue weighted by Gasteiger charge is 2.22. The zero-order chi connectivity index (χ0) is 10.4. The van der Waals surface area contributed by atoms with Crippen molar-refractivity contribution in [2.24, 2.45) is 0 Å². The second-order valence-corrected chi connectivity index (χ2v) is 7.77. The molecule has 0 fully saturated rings. The third-order valence-corrected chi connectivity index (χ3v) is 6.97. The molecule has 1 unspecified atom stereocenters. The van der Waals surface area contributed by atoms with Crippen LogP contribution in [-0.2, 0) is 0 Å². The van der Waals surface area contributed by atoms with E-state index in [0.29, 0.717) is 0 Å². The summed E-state index contributed by atoms with van der Waals surface area (Å²) < 4.78 is 0.836. The Hall–Kier alpha value is -0.763. The second-order valence-electron chi connectivity index (χ2n) is 3.68. The Morgan fingerprint density at radius 1 is 1.00 bits per heavy atom. The van der Waals surface area contributed by atoms with E-state index in [9.17, 15) is 0 Å². The Morgan fingerprint density at radius 2 is 1.73 bits per heavy atom. The summed E-state index contributed by atoms with van der Waals surface area (Å²) in [6, 6.07) is 12.5. The molecular weight excluding hydrogens is 243 g/mol. The quantitative estimate of drug-likeness (QED) is 0.498. The zero-order valence-electron chi connectivity index (χ0n) is 7.87. The van der Waals surface area contributed by atoms with Gasteiger partial charge in [0, 0.05) is 4.66 Å². The first kappa shape index (κ1) is 9.46. The van der Waals surface area contributed by atoms with Gasteiger partial charge in [0.15, 0.2) is 0 Å². The number of benzene rings is 2. The van der Waals surface area contributed by atoms with Crippen molar-refractivity contribution < 1.29 is 0 Å². The van der Waals surface area contributed by atoms with Crippen LogP contribution in [0.1, 0.15) is 5.56 Å². The fraction of sp³-hybridized carbons (Fsp3) is 0. The standard InChI is InChI=1S/C12H8Cl2Si/c13-11-7-9-5-1-3-8-4-2-6-10(12(8)9)15(11)14/h1-7,15H. The van der Waals surface area contributed by atoms with E-state index in [0.717, 1.165) is 4.66 Å². The van der Waals surface area contributed by atoms with Gasteiger partial charge >= 0.3 is 0 Å². The Bertz CT molecular complexity index is 570. The normalized spacial score (nSPS) is 19.1. The minimum atomic E-state index is -1.61. The van der Waals surface area contributed by atoms with Crippen molar-refractivity contribution in [2.45, 2.75) is 0 Å². The molecule has 3 rings (SSSR count). The highest BCUT2D eigenvalue weighted by atomic mass is 35.6. The predicted octanol–water partition coefficient (Wildman–Crippen LogP) is 3.14.